The first-order valence-corrected chi connectivity index (χ1v) is 15.3. The van der Waals surface area contributed by atoms with Crippen molar-refractivity contribution < 1.29 is 22.3 Å². The van der Waals surface area contributed by atoms with Crippen molar-refractivity contribution in [1.82, 2.24) is 24.7 Å². The number of nitrogens with one attached hydrogen (secondary N) is 2. The molecule has 4 aromatic rings. The molecule has 0 radical (unpaired) electrons. The summed E-state index contributed by atoms with van der Waals surface area (Å²) < 4.78 is 47.0. The topological polar surface area (TPSA) is 130 Å². The Labute approximate surface area is 237 Å². The minimum absolute atomic E-state index is 0.0214. The third-order valence-electron chi connectivity index (χ3n) is 7.84. The van der Waals surface area contributed by atoms with Crippen molar-refractivity contribution in [3.8, 4) is 11.4 Å². The number of halogens is 1. The number of ether oxygens (including phenoxy) is 1. The van der Waals surface area contributed by atoms with E-state index in [4.69, 9.17) is 4.74 Å². The fourth-order valence-electron chi connectivity index (χ4n) is 5.56. The number of carbonyl (C=O) groups is 1. The van der Waals surface area contributed by atoms with Crippen molar-refractivity contribution >= 4 is 32.8 Å². The molecule has 1 aromatic carbocycles. The summed E-state index contributed by atoms with van der Waals surface area (Å²) in [5, 5.41) is 0. The number of anilines is 1. The molecule has 6 rings (SSSR count). The van der Waals surface area contributed by atoms with Gasteiger partial charge in [0.15, 0.2) is 0 Å². The second-order valence-corrected chi connectivity index (χ2v) is 12.3. The van der Waals surface area contributed by atoms with Gasteiger partial charge in [0.1, 0.15) is 22.4 Å². The number of imidazole rings is 1. The minimum atomic E-state index is -3.92. The van der Waals surface area contributed by atoms with Gasteiger partial charge in [-0.25, -0.2) is 27.5 Å². The Bertz CT molecular complexity index is 1610. The molecule has 12 heteroatoms. The second-order valence-electron chi connectivity index (χ2n) is 10.6. The summed E-state index contributed by atoms with van der Waals surface area (Å²) in [4.78, 5) is 31.0. The van der Waals surface area contributed by atoms with E-state index in [1.807, 2.05) is 12.1 Å². The molecule has 1 aliphatic heterocycles. The van der Waals surface area contributed by atoms with Crippen LogP contribution in [0, 0.1) is 11.7 Å². The smallest absolute Gasteiger partial charge is 0.265 e. The third kappa shape index (κ3) is 6.23. The first-order chi connectivity index (χ1) is 19.8. The third-order valence-corrected chi connectivity index (χ3v) is 9.17. The predicted molar refractivity (Wildman–Crippen MR) is 151 cm³/mol. The van der Waals surface area contributed by atoms with E-state index in [0.717, 1.165) is 55.7 Å². The molecule has 1 amide bonds. The van der Waals surface area contributed by atoms with Gasteiger partial charge in [0, 0.05) is 49.2 Å². The van der Waals surface area contributed by atoms with E-state index in [0.29, 0.717) is 24.2 Å². The Morgan fingerprint density at radius 2 is 1.78 bits per heavy atom. The quantitative estimate of drug-likeness (QED) is 0.334. The summed E-state index contributed by atoms with van der Waals surface area (Å²) in [6, 6.07) is 11.4. The van der Waals surface area contributed by atoms with Crippen LogP contribution < -0.4 is 9.62 Å². The van der Waals surface area contributed by atoms with Gasteiger partial charge >= 0.3 is 0 Å². The van der Waals surface area contributed by atoms with Crippen molar-refractivity contribution in [2.75, 3.05) is 18.0 Å². The first kappa shape index (κ1) is 27.3. The number of aromatic nitrogens is 4. The molecule has 0 unspecified atom stereocenters. The highest BCUT2D eigenvalue weighted by atomic mass is 32.2. The van der Waals surface area contributed by atoms with Crippen LogP contribution in [-0.2, 0) is 19.6 Å². The van der Waals surface area contributed by atoms with Crippen LogP contribution in [0.1, 0.15) is 38.5 Å². The molecule has 2 aliphatic rings. The molecule has 1 saturated carbocycles. The molecule has 1 aliphatic carbocycles. The molecule has 0 atom stereocenters. The van der Waals surface area contributed by atoms with E-state index >= 15 is 0 Å². The van der Waals surface area contributed by atoms with Crippen LogP contribution in [0.2, 0.25) is 0 Å². The number of pyridine rings is 2. The van der Waals surface area contributed by atoms with Gasteiger partial charge in [0.2, 0.25) is 5.91 Å². The van der Waals surface area contributed by atoms with Crippen LogP contribution >= 0.6 is 0 Å². The fourth-order valence-corrected chi connectivity index (χ4v) is 6.57. The molecule has 10 nitrogen and oxygen atoms in total. The lowest BCUT2D eigenvalue weighted by atomic mass is 9.87. The summed E-state index contributed by atoms with van der Waals surface area (Å²) in [6.45, 7) is 1.65. The fraction of sp³-hybridized carbons (Fsp3) is 0.379. The number of benzene rings is 1. The van der Waals surface area contributed by atoms with Gasteiger partial charge in [-0.15, -0.1) is 0 Å². The summed E-state index contributed by atoms with van der Waals surface area (Å²) in [6.07, 6.45) is 9.09. The number of hydrogen-bond donors (Lipinski definition) is 2. The Balaban J connectivity index is 0.959. The van der Waals surface area contributed by atoms with Gasteiger partial charge < -0.3 is 14.6 Å². The number of hydrogen-bond acceptors (Lipinski definition) is 8. The highest BCUT2D eigenvalue weighted by molar-refractivity contribution is 7.90. The first-order valence-electron chi connectivity index (χ1n) is 13.8. The van der Waals surface area contributed by atoms with Crippen molar-refractivity contribution in [1.29, 1.82) is 0 Å². The van der Waals surface area contributed by atoms with E-state index in [2.05, 4.69) is 29.6 Å². The van der Waals surface area contributed by atoms with Gasteiger partial charge in [-0.1, -0.05) is 0 Å². The number of amides is 1. The number of nitrogens with zero attached hydrogens (tertiary/aromatic N) is 4. The molecular formula is C29H31FN6O4S. The molecule has 3 aromatic heterocycles. The average Bonchev–Trinajstić information content (AvgIpc) is 3.42. The van der Waals surface area contributed by atoms with Crippen LogP contribution in [0.5, 0.6) is 0 Å². The molecule has 214 valence electrons. The molecule has 41 heavy (non-hydrogen) atoms. The van der Waals surface area contributed by atoms with Crippen molar-refractivity contribution in [2.45, 2.75) is 55.6 Å². The summed E-state index contributed by atoms with van der Waals surface area (Å²) >= 11 is 0. The number of fused-ring (bicyclic) bond motifs is 1. The van der Waals surface area contributed by atoms with E-state index in [9.17, 15) is 17.6 Å². The largest absolute Gasteiger partial charge is 0.375 e. The zero-order chi connectivity index (χ0) is 28.4. The number of piperidine rings is 1. The molecule has 2 fully saturated rings. The molecule has 0 bridgehead atoms. The van der Waals surface area contributed by atoms with Gasteiger partial charge in [-0.05, 0) is 74.9 Å². The Hall–Kier alpha value is -3.90. The molecule has 4 heterocycles. The van der Waals surface area contributed by atoms with Crippen molar-refractivity contribution in [2.24, 2.45) is 5.92 Å². The van der Waals surface area contributed by atoms with Gasteiger partial charge in [-0.3, -0.25) is 9.78 Å². The van der Waals surface area contributed by atoms with Crippen molar-refractivity contribution in [3.05, 3.63) is 66.9 Å². The van der Waals surface area contributed by atoms with Crippen LogP contribution in [-0.4, -0.2) is 59.6 Å². The number of carbonyl (C=O) groups excluding carboxylic acids is 1. The highest BCUT2D eigenvalue weighted by Gasteiger charge is 2.31. The molecule has 1 saturated heterocycles. The molecule has 0 spiro atoms. The number of aromatic amines is 1. The lowest BCUT2D eigenvalue weighted by Gasteiger charge is -2.36. The monoisotopic (exact) mass is 578 g/mol. The van der Waals surface area contributed by atoms with E-state index in [1.165, 1.54) is 36.7 Å². The normalized spacial score (nSPS) is 20.3. The van der Waals surface area contributed by atoms with E-state index in [-0.39, 0.29) is 28.8 Å². The maximum Gasteiger partial charge on any atom is 0.265 e. The zero-order valence-electron chi connectivity index (χ0n) is 22.4. The highest BCUT2D eigenvalue weighted by Crippen LogP contribution is 2.30. The SMILES string of the molecule is O=C(NS(=O)(=O)c1cccnc1)[C@H]1CC[C@H](OC2CCN(c3ccc(-c4nc5cc(F)ccc5[nH]4)cn3)CC2)CC1. The van der Waals surface area contributed by atoms with Crippen molar-refractivity contribution in [3.63, 3.8) is 0 Å². The van der Waals surface area contributed by atoms with E-state index < -0.39 is 15.9 Å². The van der Waals surface area contributed by atoms with Gasteiger partial charge in [0.25, 0.3) is 10.0 Å². The lowest BCUT2D eigenvalue weighted by Crippen LogP contribution is -2.41. The lowest BCUT2D eigenvalue weighted by molar-refractivity contribution is -0.125. The number of sulfonamides is 1. The van der Waals surface area contributed by atoms with Gasteiger partial charge in [0.05, 0.1) is 23.2 Å². The number of rotatable bonds is 7. The van der Waals surface area contributed by atoms with Crippen LogP contribution in [0.4, 0.5) is 10.2 Å². The second kappa shape index (κ2) is 11.5. The molecule has 2 N–H and O–H groups in total. The Morgan fingerprint density at radius 3 is 2.49 bits per heavy atom. The van der Waals surface area contributed by atoms with Crippen LogP contribution in [0.3, 0.4) is 0 Å². The Morgan fingerprint density at radius 1 is 1.00 bits per heavy atom. The van der Waals surface area contributed by atoms with Crippen LogP contribution in [0.15, 0.2) is 66.0 Å². The number of H-pyrrole nitrogens is 1. The summed E-state index contributed by atoms with van der Waals surface area (Å²) in [5.74, 6) is 0.411. The minimum Gasteiger partial charge on any atom is -0.375 e. The zero-order valence-corrected chi connectivity index (χ0v) is 23.2. The van der Waals surface area contributed by atoms with Crippen LogP contribution in [0.25, 0.3) is 22.4 Å². The Kier molecular flexibility index (Phi) is 7.67. The molecular weight excluding hydrogens is 547 g/mol. The average molecular weight is 579 g/mol. The standard InChI is InChI=1S/C29H31FN6O4S/c30-21-6-9-25-26(16-21)34-28(33-25)20-5-10-27(32-17-20)36-14-11-23(12-15-36)40-22-7-3-19(4-8-22)29(37)35-41(38,39)24-2-1-13-31-18-24/h1-2,5-6,9-10,13,16-19,22-23H,3-4,7-8,11-12,14-15H2,(H,33,34)(H,35,37)/t19-,22-. The predicted octanol–water partition coefficient (Wildman–Crippen LogP) is 4.21. The van der Waals surface area contributed by atoms with E-state index in [1.54, 1.807) is 12.3 Å². The maximum atomic E-state index is 13.5. The summed E-state index contributed by atoms with van der Waals surface area (Å²) in [7, 11) is -3.92. The summed E-state index contributed by atoms with van der Waals surface area (Å²) in [5.41, 5.74) is 2.19. The maximum absolute atomic E-state index is 13.5. The van der Waals surface area contributed by atoms with Gasteiger partial charge in [-0.2, -0.15) is 0 Å².